The molecule has 0 saturated heterocycles. The highest BCUT2D eigenvalue weighted by molar-refractivity contribution is 6.37. The normalized spacial score (nSPS) is 10.5. The number of Topliss-reactive ketones (excluding diaryl/α,β-unsaturated/α-hetero) is 1. The van der Waals surface area contributed by atoms with Gasteiger partial charge in [-0.15, -0.1) is 0 Å². The first-order valence-electron chi connectivity index (χ1n) is 7.23. The number of nitrogens with two attached hydrogens (primary N) is 1. The van der Waals surface area contributed by atoms with E-state index < -0.39 is 5.97 Å². The minimum atomic E-state index is -0.744. The number of benzene rings is 2. The van der Waals surface area contributed by atoms with Gasteiger partial charge in [0, 0.05) is 10.6 Å². The Kier molecular flexibility index (Phi) is 5.52. The Balaban J connectivity index is 2.15. The Morgan fingerprint density at radius 1 is 0.958 bits per heavy atom. The summed E-state index contributed by atoms with van der Waals surface area (Å²) >= 11 is 11.8. The van der Waals surface area contributed by atoms with Crippen molar-refractivity contribution in [2.24, 2.45) is 0 Å². The van der Waals surface area contributed by atoms with E-state index >= 15 is 0 Å². The number of nitrogen functional groups attached to an aromatic ring is 1. The molecule has 0 aromatic heterocycles. The summed E-state index contributed by atoms with van der Waals surface area (Å²) in [5.74, 6) is -1.03. The smallest absolute Gasteiger partial charge is 0.340 e. The molecule has 2 aromatic carbocycles. The molecule has 0 saturated carbocycles. The van der Waals surface area contributed by atoms with Crippen LogP contribution in [-0.2, 0) is 4.74 Å². The molecule has 4 nitrogen and oxygen atoms in total. The summed E-state index contributed by atoms with van der Waals surface area (Å²) in [6.07, 6.45) is 0. The fraction of sp³-hybridized carbons (Fsp3) is 0.222. The summed E-state index contributed by atoms with van der Waals surface area (Å²) in [5, 5.41) is 0.420. The lowest BCUT2D eigenvalue weighted by Gasteiger charge is -2.11. The second-order valence-corrected chi connectivity index (χ2v) is 6.44. The molecule has 0 radical (unpaired) electrons. The van der Waals surface area contributed by atoms with Crippen LogP contribution >= 0.6 is 23.2 Å². The van der Waals surface area contributed by atoms with Crippen molar-refractivity contribution in [2.45, 2.75) is 20.8 Å². The lowest BCUT2D eigenvalue weighted by molar-refractivity contribution is 0.0475. The van der Waals surface area contributed by atoms with E-state index in [4.69, 9.17) is 33.7 Å². The molecule has 0 fully saturated rings. The first-order chi connectivity index (χ1) is 11.2. The van der Waals surface area contributed by atoms with Gasteiger partial charge in [-0.25, -0.2) is 4.79 Å². The molecule has 0 bridgehead atoms. The van der Waals surface area contributed by atoms with E-state index in [1.807, 2.05) is 26.8 Å². The van der Waals surface area contributed by atoms with Gasteiger partial charge in [-0.2, -0.15) is 0 Å². The maximum Gasteiger partial charge on any atom is 0.340 e. The quantitative estimate of drug-likeness (QED) is 0.490. The van der Waals surface area contributed by atoms with Gasteiger partial charge in [0.25, 0.3) is 0 Å². The lowest BCUT2D eigenvalue weighted by Crippen LogP contribution is -2.16. The number of rotatable bonds is 4. The van der Waals surface area contributed by atoms with E-state index in [1.54, 1.807) is 6.07 Å². The first kappa shape index (κ1) is 18.3. The number of carbonyl (C=O) groups is 2. The fourth-order valence-electron chi connectivity index (χ4n) is 2.30. The second kappa shape index (κ2) is 7.24. The van der Waals surface area contributed by atoms with E-state index in [9.17, 15) is 9.59 Å². The van der Waals surface area contributed by atoms with Gasteiger partial charge < -0.3 is 10.5 Å². The van der Waals surface area contributed by atoms with Crippen LogP contribution in [0.2, 0.25) is 10.0 Å². The van der Waals surface area contributed by atoms with Gasteiger partial charge in [-0.1, -0.05) is 29.3 Å². The number of halogens is 2. The molecule has 0 atom stereocenters. The average molecular weight is 366 g/mol. The molecule has 2 aromatic rings. The third kappa shape index (κ3) is 3.89. The standard InChI is InChI=1S/C18H17Cl2NO3/c1-9-4-11(3)13(5-10(9)2)16(22)8-24-18(23)14-6-12(19)7-15(20)17(14)21/h4-7H,8,21H2,1-3H3. The number of ether oxygens (including phenoxy) is 1. The number of hydrogen-bond acceptors (Lipinski definition) is 4. The van der Waals surface area contributed by atoms with Gasteiger partial charge in [-0.05, 0) is 55.7 Å². The maximum absolute atomic E-state index is 12.3. The van der Waals surface area contributed by atoms with E-state index in [0.29, 0.717) is 5.56 Å². The number of carbonyl (C=O) groups excluding carboxylic acids is 2. The topological polar surface area (TPSA) is 69.4 Å². The van der Waals surface area contributed by atoms with Crippen LogP contribution in [0.3, 0.4) is 0 Å². The third-order valence-electron chi connectivity index (χ3n) is 3.79. The van der Waals surface area contributed by atoms with Gasteiger partial charge in [0.15, 0.2) is 6.61 Å². The molecular formula is C18H17Cl2NO3. The minimum absolute atomic E-state index is 0.0390. The Labute approximate surface area is 150 Å². The number of esters is 1. The summed E-state index contributed by atoms with van der Waals surface area (Å²) < 4.78 is 5.07. The predicted octanol–water partition coefficient (Wildman–Crippen LogP) is 4.54. The molecule has 0 unspecified atom stereocenters. The van der Waals surface area contributed by atoms with Gasteiger partial charge in [0.1, 0.15) is 0 Å². The van der Waals surface area contributed by atoms with Crippen LogP contribution in [0.25, 0.3) is 0 Å². The summed E-state index contributed by atoms with van der Waals surface area (Å²) in [6.45, 7) is 5.36. The monoisotopic (exact) mass is 365 g/mol. The van der Waals surface area contributed by atoms with Crippen LogP contribution in [0.15, 0.2) is 24.3 Å². The maximum atomic E-state index is 12.3. The first-order valence-corrected chi connectivity index (χ1v) is 7.99. The summed E-state index contributed by atoms with van der Waals surface area (Å²) in [5.41, 5.74) is 9.33. The van der Waals surface area contributed by atoms with E-state index in [2.05, 4.69) is 0 Å². The van der Waals surface area contributed by atoms with E-state index in [-0.39, 0.29) is 33.7 Å². The van der Waals surface area contributed by atoms with Crippen LogP contribution in [0.5, 0.6) is 0 Å². The van der Waals surface area contributed by atoms with Crippen molar-refractivity contribution in [3.8, 4) is 0 Å². The highest BCUT2D eigenvalue weighted by Crippen LogP contribution is 2.28. The van der Waals surface area contributed by atoms with Crippen molar-refractivity contribution in [3.63, 3.8) is 0 Å². The molecule has 0 aliphatic rings. The minimum Gasteiger partial charge on any atom is -0.454 e. The highest BCUT2D eigenvalue weighted by Gasteiger charge is 2.18. The molecule has 0 heterocycles. The summed E-state index contributed by atoms with van der Waals surface area (Å²) in [6, 6.07) is 6.51. The van der Waals surface area contributed by atoms with Crippen molar-refractivity contribution in [2.75, 3.05) is 12.3 Å². The molecule has 2 rings (SSSR count). The molecule has 126 valence electrons. The Bertz CT molecular complexity index is 831. The fourth-order valence-corrected chi connectivity index (χ4v) is 2.79. The van der Waals surface area contributed by atoms with Gasteiger partial charge >= 0.3 is 5.97 Å². The van der Waals surface area contributed by atoms with Crippen LogP contribution < -0.4 is 5.73 Å². The van der Waals surface area contributed by atoms with Crippen LogP contribution in [-0.4, -0.2) is 18.4 Å². The third-order valence-corrected chi connectivity index (χ3v) is 4.32. The zero-order valence-electron chi connectivity index (χ0n) is 13.6. The molecule has 0 amide bonds. The molecule has 2 N–H and O–H groups in total. The summed E-state index contributed by atoms with van der Waals surface area (Å²) in [7, 11) is 0. The van der Waals surface area contributed by atoms with Crippen molar-refractivity contribution < 1.29 is 14.3 Å². The molecular weight excluding hydrogens is 349 g/mol. The van der Waals surface area contributed by atoms with Crippen molar-refractivity contribution in [1.29, 1.82) is 0 Å². The molecule has 24 heavy (non-hydrogen) atoms. The molecule has 0 spiro atoms. The zero-order valence-corrected chi connectivity index (χ0v) is 15.1. The predicted molar refractivity (Wildman–Crippen MR) is 96.1 cm³/mol. The van der Waals surface area contributed by atoms with Crippen LogP contribution in [0.1, 0.15) is 37.4 Å². The average Bonchev–Trinajstić information content (AvgIpc) is 2.51. The highest BCUT2D eigenvalue weighted by atomic mass is 35.5. The summed E-state index contributed by atoms with van der Waals surface area (Å²) in [4.78, 5) is 24.5. The number of hydrogen-bond donors (Lipinski definition) is 1. The van der Waals surface area contributed by atoms with Crippen molar-refractivity contribution >= 4 is 40.6 Å². The van der Waals surface area contributed by atoms with Gasteiger partial charge in [-0.3, -0.25) is 4.79 Å². The zero-order chi connectivity index (χ0) is 18.0. The van der Waals surface area contributed by atoms with Gasteiger partial charge in [0.05, 0.1) is 16.3 Å². The van der Waals surface area contributed by atoms with E-state index in [1.165, 1.54) is 12.1 Å². The van der Waals surface area contributed by atoms with Crippen molar-refractivity contribution in [1.82, 2.24) is 0 Å². The van der Waals surface area contributed by atoms with E-state index in [0.717, 1.165) is 16.7 Å². The van der Waals surface area contributed by atoms with Crippen LogP contribution in [0, 0.1) is 20.8 Å². The van der Waals surface area contributed by atoms with Crippen molar-refractivity contribution in [3.05, 3.63) is 62.1 Å². The second-order valence-electron chi connectivity index (χ2n) is 5.60. The number of aryl methyl sites for hydroxylation is 3. The van der Waals surface area contributed by atoms with Crippen LogP contribution in [0.4, 0.5) is 5.69 Å². The Morgan fingerprint density at radius 2 is 1.58 bits per heavy atom. The molecule has 6 heteroatoms. The SMILES string of the molecule is Cc1cc(C)c(C(=O)COC(=O)c2cc(Cl)cc(Cl)c2N)cc1C. The number of ketones is 1. The molecule has 0 aliphatic carbocycles. The Morgan fingerprint density at radius 3 is 2.25 bits per heavy atom. The number of anilines is 1. The lowest BCUT2D eigenvalue weighted by atomic mass is 9.98. The molecule has 0 aliphatic heterocycles. The van der Waals surface area contributed by atoms with Gasteiger partial charge in [0.2, 0.25) is 5.78 Å². The Hall–Kier alpha value is -2.04. The largest absolute Gasteiger partial charge is 0.454 e.